The number of nitro benzene ring substituents is 1. The molecule has 0 aliphatic carbocycles. The second-order valence-electron chi connectivity index (χ2n) is 2.29. The Hall–Kier alpha value is -0.0700. The number of benzene rings is 1. The molecular formula is C7H4Cl2INO2. The topological polar surface area (TPSA) is 43.1 Å². The standard InChI is InChI=1S/C7H4Cl2INO2/c8-3-4-1-5(11(12)13)2-6(9)7(4)10/h1-2H,3H2. The lowest BCUT2D eigenvalue weighted by molar-refractivity contribution is -0.384. The zero-order valence-electron chi connectivity index (χ0n) is 6.26. The summed E-state index contributed by atoms with van der Waals surface area (Å²) in [5.41, 5.74) is 0.655. The fourth-order valence-electron chi connectivity index (χ4n) is 0.833. The molecule has 0 aliphatic rings. The van der Waals surface area contributed by atoms with Crippen molar-refractivity contribution in [2.24, 2.45) is 0 Å². The van der Waals surface area contributed by atoms with Crippen LogP contribution in [0.4, 0.5) is 5.69 Å². The molecule has 0 aliphatic heterocycles. The van der Waals surface area contributed by atoms with Gasteiger partial charge in [-0.25, -0.2) is 0 Å². The third kappa shape index (κ3) is 2.45. The maximum Gasteiger partial charge on any atom is 0.271 e. The Morgan fingerprint density at radius 2 is 2.15 bits per heavy atom. The fraction of sp³-hybridized carbons (Fsp3) is 0.143. The number of non-ortho nitro benzene ring substituents is 1. The molecule has 0 N–H and O–H groups in total. The van der Waals surface area contributed by atoms with E-state index in [2.05, 4.69) is 0 Å². The van der Waals surface area contributed by atoms with Gasteiger partial charge in [0.15, 0.2) is 0 Å². The zero-order valence-corrected chi connectivity index (χ0v) is 9.93. The van der Waals surface area contributed by atoms with Crippen molar-refractivity contribution in [1.82, 2.24) is 0 Å². The first-order valence-electron chi connectivity index (χ1n) is 3.24. The van der Waals surface area contributed by atoms with Crippen molar-refractivity contribution >= 4 is 51.5 Å². The number of nitrogens with zero attached hydrogens (tertiary/aromatic N) is 1. The molecule has 0 bridgehead atoms. The van der Waals surface area contributed by atoms with Crippen LogP contribution in [0.2, 0.25) is 5.02 Å². The predicted molar refractivity (Wildman–Crippen MR) is 60.4 cm³/mol. The van der Waals surface area contributed by atoms with Crippen molar-refractivity contribution < 1.29 is 4.92 Å². The largest absolute Gasteiger partial charge is 0.271 e. The van der Waals surface area contributed by atoms with Crippen molar-refractivity contribution in [3.05, 3.63) is 36.4 Å². The highest BCUT2D eigenvalue weighted by Gasteiger charge is 2.12. The van der Waals surface area contributed by atoms with Gasteiger partial charge in [0.2, 0.25) is 0 Å². The van der Waals surface area contributed by atoms with E-state index in [1.165, 1.54) is 12.1 Å². The molecule has 1 rings (SSSR count). The molecule has 0 spiro atoms. The van der Waals surface area contributed by atoms with Gasteiger partial charge in [-0.2, -0.15) is 0 Å². The number of alkyl halides is 1. The summed E-state index contributed by atoms with van der Waals surface area (Å²) >= 11 is 13.4. The van der Waals surface area contributed by atoms with E-state index in [-0.39, 0.29) is 11.6 Å². The Morgan fingerprint density at radius 3 is 2.62 bits per heavy atom. The van der Waals surface area contributed by atoms with E-state index in [4.69, 9.17) is 23.2 Å². The lowest BCUT2D eigenvalue weighted by atomic mass is 10.2. The van der Waals surface area contributed by atoms with Crippen LogP contribution in [-0.4, -0.2) is 4.92 Å². The number of hydrogen-bond donors (Lipinski definition) is 0. The summed E-state index contributed by atoms with van der Waals surface area (Å²) in [5.74, 6) is 0.222. The van der Waals surface area contributed by atoms with E-state index in [0.29, 0.717) is 10.6 Å². The predicted octanol–water partition coefficient (Wildman–Crippen LogP) is 3.59. The van der Waals surface area contributed by atoms with Crippen molar-refractivity contribution in [3.8, 4) is 0 Å². The first kappa shape index (κ1) is 11.0. The Bertz CT molecular complexity index is 357. The van der Waals surface area contributed by atoms with Gasteiger partial charge in [0, 0.05) is 21.6 Å². The van der Waals surface area contributed by atoms with Crippen LogP contribution < -0.4 is 0 Å². The summed E-state index contributed by atoms with van der Waals surface area (Å²) in [4.78, 5) is 9.95. The van der Waals surface area contributed by atoms with Gasteiger partial charge >= 0.3 is 0 Å². The highest BCUT2D eigenvalue weighted by atomic mass is 127. The molecule has 1 aromatic carbocycles. The third-order valence-corrected chi connectivity index (χ3v) is 3.62. The molecule has 0 unspecified atom stereocenters. The summed E-state index contributed by atoms with van der Waals surface area (Å²) in [6.07, 6.45) is 0. The van der Waals surface area contributed by atoms with Crippen molar-refractivity contribution in [1.29, 1.82) is 0 Å². The fourth-order valence-corrected chi connectivity index (χ4v) is 2.00. The molecule has 0 heterocycles. The van der Waals surface area contributed by atoms with Crippen LogP contribution in [0.5, 0.6) is 0 Å². The molecule has 0 aromatic heterocycles. The Balaban J connectivity index is 3.30. The molecule has 0 radical (unpaired) electrons. The first-order valence-corrected chi connectivity index (χ1v) is 5.23. The summed E-state index contributed by atoms with van der Waals surface area (Å²) in [5, 5.41) is 10.8. The maximum atomic E-state index is 10.4. The molecule has 0 fully saturated rings. The second kappa shape index (κ2) is 4.43. The van der Waals surface area contributed by atoms with Crippen LogP contribution in [0.1, 0.15) is 5.56 Å². The Morgan fingerprint density at radius 1 is 1.54 bits per heavy atom. The Kier molecular flexibility index (Phi) is 3.75. The minimum absolute atomic E-state index is 0.0268. The second-order valence-corrected chi connectivity index (χ2v) is 4.04. The van der Waals surface area contributed by atoms with Crippen molar-refractivity contribution in [2.75, 3.05) is 0 Å². The van der Waals surface area contributed by atoms with Gasteiger partial charge in [-0.05, 0) is 28.2 Å². The van der Waals surface area contributed by atoms with E-state index >= 15 is 0 Å². The molecule has 6 heteroatoms. The normalized spacial score (nSPS) is 10.1. The van der Waals surface area contributed by atoms with Crippen LogP contribution in [0, 0.1) is 13.7 Å². The Labute approximate surface area is 98.3 Å². The van der Waals surface area contributed by atoms with Crippen LogP contribution in [-0.2, 0) is 5.88 Å². The molecule has 1 aromatic rings. The van der Waals surface area contributed by atoms with Gasteiger partial charge < -0.3 is 0 Å². The smallest absolute Gasteiger partial charge is 0.258 e. The SMILES string of the molecule is O=[N+]([O-])c1cc(Cl)c(I)c(CCl)c1. The minimum atomic E-state index is -0.488. The monoisotopic (exact) mass is 331 g/mol. The molecule has 3 nitrogen and oxygen atoms in total. The van der Waals surface area contributed by atoms with E-state index in [9.17, 15) is 10.1 Å². The van der Waals surface area contributed by atoms with Crippen LogP contribution in [0.15, 0.2) is 12.1 Å². The van der Waals surface area contributed by atoms with Gasteiger partial charge in [0.1, 0.15) is 0 Å². The van der Waals surface area contributed by atoms with Crippen molar-refractivity contribution in [2.45, 2.75) is 5.88 Å². The molecule has 0 saturated heterocycles. The van der Waals surface area contributed by atoms with Crippen molar-refractivity contribution in [3.63, 3.8) is 0 Å². The minimum Gasteiger partial charge on any atom is -0.258 e. The molecule has 13 heavy (non-hydrogen) atoms. The molecule has 0 atom stereocenters. The first-order chi connectivity index (χ1) is 6.06. The van der Waals surface area contributed by atoms with Gasteiger partial charge in [0.05, 0.1) is 9.95 Å². The third-order valence-electron chi connectivity index (χ3n) is 1.44. The van der Waals surface area contributed by atoms with Crippen LogP contribution >= 0.6 is 45.8 Å². The number of halogens is 3. The number of nitro groups is 1. The van der Waals surface area contributed by atoms with Gasteiger partial charge in [-0.15, -0.1) is 11.6 Å². The van der Waals surface area contributed by atoms with Gasteiger partial charge in [-0.1, -0.05) is 11.6 Å². The lowest BCUT2D eigenvalue weighted by Gasteiger charge is -2.02. The van der Waals surface area contributed by atoms with E-state index in [1.807, 2.05) is 22.6 Å². The van der Waals surface area contributed by atoms with E-state index in [0.717, 1.165) is 3.57 Å². The molecule has 0 amide bonds. The average molecular weight is 332 g/mol. The number of hydrogen-bond acceptors (Lipinski definition) is 2. The summed E-state index contributed by atoms with van der Waals surface area (Å²) in [6, 6.07) is 2.75. The van der Waals surface area contributed by atoms with Gasteiger partial charge in [-0.3, -0.25) is 10.1 Å². The maximum absolute atomic E-state index is 10.4. The number of rotatable bonds is 2. The quantitative estimate of drug-likeness (QED) is 0.360. The molecule has 0 saturated carbocycles. The summed E-state index contributed by atoms with van der Waals surface area (Å²) in [7, 11) is 0. The highest BCUT2D eigenvalue weighted by molar-refractivity contribution is 14.1. The molecular weight excluding hydrogens is 328 g/mol. The van der Waals surface area contributed by atoms with Gasteiger partial charge in [0.25, 0.3) is 5.69 Å². The average Bonchev–Trinajstić information content (AvgIpc) is 2.09. The van der Waals surface area contributed by atoms with Crippen LogP contribution in [0.25, 0.3) is 0 Å². The zero-order chi connectivity index (χ0) is 10.0. The van der Waals surface area contributed by atoms with Crippen LogP contribution in [0.3, 0.4) is 0 Å². The van der Waals surface area contributed by atoms with E-state index in [1.54, 1.807) is 0 Å². The highest BCUT2D eigenvalue weighted by Crippen LogP contribution is 2.28. The van der Waals surface area contributed by atoms with E-state index < -0.39 is 4.92 Å². The summed E-state index contributed by atoms with van der Waals surface area (Å²) < 4.78 is 0.764. The lowest BCUT2D eigenvalue weighted by Crippen LogP contribution is -1.92. The summed E-state index contributed by atoms with van der Waals surface area (Å²) in [6.45, 7) is 0. The molecule has 70 valence electrons.